The molecule has 1 aliphatic heterocycles. The summed E-state index contributed by atoms with van der Waals surface area (Å²) in [6, 6.07) is 19.2. The van der Waals surface area contributed by atoms with Gasteiger partial charge in [-0.15, -0.1) is 10.2 Å². The molecule has 0 saturated carbocycles. The molecule has 4 rings (SSSR count). The van der Waals surface area contributed by atoms with Gasteiger partial charge in [0.2, 0.25) is 0 Å². The topological polar surface area (TPSA) is 61.4 Å². The molecule has 1 fully saturated rings. The highest BCUT2D eigenvalue weighted by Gasteiger charge is 2.16. The van der Waals surface area contributed by atoms with Crippen molar-refractivity contribution in [3.05, 3.63) is 71.8 Å². The third-order valence-corrected chi connectivity index (χ3v) is 5.17. The molecule has 148 valence electrons. The molecule has 6 nitrogen and oxygen atoms in total. The first-order chi connectivity index (χ1) is 14.1. The Morgan fingerprint density at radius 2 is 1.72 bits per heavy atom. The third-order valence-electron chi connectivity index (χ3n) is 5.17. The largest absolute Gasteiger partial charge is 0.353 e. The summed E-state index contributed by atoms with van der Waals surface area (Å²) in [4.78, 5) is 17.1. The second-order valence-corrected chi connectivity index (χ2v) is 7.47. The van der Waals surface area contributed by atoms with E-state index >= 15 is 0 Å². The van der Waals surface area contributed by atoms with Crippen molar-refractivity contribution in [3.63, 3.8) is 0 Å². The lowest BCUT2D eigenvalue weighted by molar-refractivity contribution is 0.102. The number of carbonyl (C=O) groups excluding carboxylic acids is 1. The summed E-state index contributed by atoms with van der Waals surface area (Å²) in [5.74, 6) is 0.785. The van der Waals surface area contributed by atoms with Crippen LogP contribution in [0.25, 0.3) is 11.3 Å². The molecular formula is C23H25N5O. The van der Waals surface area contributed by atoms with Gasteiger partial charge < -0.3 is 15.1 Å². The molecule has 1 aliphatic rings. The Balaban J connectivity index is 1.47. The van der Waals surface area contributed by atoms with Crippen LogP contribution in [0.15, 0.2) is 60.7 Å². The molecule has 2 aromatic carbocycles. The zero-order valence-electron chi connectivity index (χ0n) is 16.8. The third kappa shape index (κ3) is 4.60. The van der Waals surface area contributed by atoms with Crippen LogP contribution in [0.3, 0.4) is 0 Å². The number of anilines is 2. The fourth-order valence-corrected chi connectivity index (χ4v) is 3.43. The highest BCUT2D eigenvalue weighted by atomic mass is 16.1. The Kier molecular flexibility index (Phi) is 5.53. The first kappa shape index (κ1) is 19.1. The molecule has 6 heteroatoms. The van der Waals surface area contributed by atoms with E-state index in [4.69, 9.17) is 0 Å². The van der Waals surface area contributed by atoms with Gasteiger partial charge in [-0.05, 0) is 50.4 Å². The summed E-state index contributed by atoms with van der Waals surface area (Å²) in [6.07, 6.45) is 0. The van der Waals surface area contributed by atoms with Crippen molar-refractivity contribution in [2.45, 2.75) is 6.92 Å². The van der Waals surface area contributed by atoms with E-state index in [-0.39, 0.29) is 5.91 Å². The van der Waals surface area contributed by atoms with Gasteiger partial charge in [0.05, 0.1) is 5.69 Å². The number of nitrogens with one attached hydrogen (secondary N) is 1. The van der Waals surface area contributed by atoms with Crippen molar-refractivity contribution in [1.82, 2.24) is 15.1 Å². The summed E-state index contributed by atoms with van der Waals surface area (Å²) >= 11 is 0. The van der Waals surface area contributed by atoms with Gasteiger partial charge in [0.15, 0.2) is 5.82 Å². The molecule has 1 saturated heterocycles. The Bertz CT molecular complexity index is 994. The molecule has 1 amide bonds. The van der Waals surface area contributed by atoms with Crippen LogP contribution in [0.5, 0.6) is 0 Å². The standard InChI is InChI=1S/C23H25N5O/c1-17-5-3-7-19(15-17)23(29)24-20-8-4-6-18(16-20)21-9-10-22(26-25-21)28-13-11-27(2)12-14-28/h3-10,15-16H,11-14H2,1-2H3,(H,24,29). The van der Waals surface area contributed by atoms with Gasteiger partial charge in [0.1, 0.15) is 0 Å². The van der Waals surface area contributed by atoms with Crippen molar-refractivity contribution >= 4 is 17.4 Å². The monoisotopic (exact) mass is 387 g/mol. The lowest BCUT2D eigenvalue weighted by atomic mass is 10.1. The summed E-state index contributed by atoms with van der Waals surface area (Å²) in [6.45, 7) is 5.97. The van der Waals surface area contributed by atoms with E-state index in [1.807, 2.05) is 67.6 Å². The summed E-state index contributed by atoms with van der Waals surface area (Å²) < 4.78 is 0. The number of benzene rings is 2. The molecule has 1 aromatic heterocycles. The Morgan fingerprint density at radius 3 is 2.45 bits per heavy atom. The maximum atomic E-state index is 12.5. The molecular weight excluding hydrogens is 362 g/mol. The van der Waals surface area contributed by atoms with Crippen LogP contribution < -0.4 is 10.2 Å². The molecule has 0 radical (unpaired) electrons. The van der Waals surface area contributed by atoms with Crippen molar-refractivity contribution in [2.24, 2.45) is 0 Å². The number of rotatable bonds is 4. The quantitative estimate of drug-likeness (QED) is 0.743. The number of hydrogen-bond donors (Lipinski definition) is 1. The molecule has 29 heavy (non-hydrogen) atoms. The van der Waals surface area contributed by atoms with Crippen LogP contribution in [-0.4, -0.2) is 54.2 Å². The van der Waals surface area contributed by atoms with E-state index in [1.165, 1.54) is 0 Å². The van der Waals surface area contributed by atoms with Crippen molar-refractivity contribution < 1.29 is 4.79 Å². The maximum Gasteiger partial charge on any atom is 0.255 e. The van der Waals surface area contributed by atoms with Crippen molar-refractivity contribution in [3.8, 4) is 11.3 Å². The van der Waals surface area contributed by atoms with Crippen molar-refractivity contribution in [2.75, 3.05) is 43.4 Å². The average molecular weight is 387 g/mol. The van der Waals surface area contributed by atoms with E-state index in [1.54, 1.807) is 0 Å². The van der Waals surface area contributed by atoms with E-state index < -0.39 is 0 Å². The summed E-state index contributed by atoms with van der Waals surface area (Å²) in [5.41, 5.74) is 4.15. The molecule has 0 bridgehead atoms. The normalized spacial score (nSPS) is 14.6. The van der Waals surface area contributed by atoms with E-state index in [0.717, 1.165) is 54.5 Å². The number of aryl methyl sites for hydroxylation is 1. The number of carbonyl (C=O) groups is 1. The lowest BCUT2D eigenvalue weighted by Gasteiger charge is -2.32. The summed E-state index contributed by atoms with van der Waals surface area (Å²) in [7, 11) is 2.14. The van der Waals surface area contributed by atoms with Crippen molar-refractivity contribution in [1.29, 1.82) is 0 Å². The van der Waals surface area contributed by atoms with Crippen LogP contribution in [-0.2, 0) is 0 Å². The minimum absolute atomic E-state index is 0.123. The molecule has 0 aliphatic carbocycles. The molecule has 1 N–H and O–H groups in total. The zero-order chi connectivity index (χ0) is 20.2. The first-order valence-corrected chi connectivity index (χ1v) is 9.84. The lowest BCUT2D eigenvalue weighted by Crippen LogP contribution is -2.44. The fourth-order valence-electron chi connectivity index (χ4n) is 3.43. The molecule has 0 unspecified atom stereocenters. The Hall–Kier alpha value is -3.25. The molecule has 2 heterocycles. The predicted molar refractivity (Wildman–Crippen MR) is 116 cm³/mol. The van der Waals surface area contributed by atoms with Crippen LogP contribution in [0.1, 0.15) is 15.9 Å². The van der Waals surface area contributed by atoms with Gasteiger partial charge in [-0.2, -0.15) is 0 Å². The minimum Gasteiger partial charge on any atom is -0.353 e. The minimum atomic E-state index is -0.123. The zero-order valence-corrected chi connectivity index (χ0v) is 16.8. The van der Waals surface area contributed by atoms with E-state index in [2.05, 4.69) is 32.4 Å². The van der Waals surface area contributed by atoms with Gasteiger partial charge in [0, 0.05) is 43.0 Å². The van der Waals surface area contributed by atoms with Gasteiger partial charge in [-0.3, -0.25) is 4.79 Å². The maximum absolute atomic E-state index is 12.5. The van der Waals surface area contributed by atoms with Crippen LogP contribution in [0.2, 0.25) is 0 Å². The van der Waals surface area contributed by atoms with Gasteiger partial charge in [-0.25, -0.2) is 0 Å². The highest BCUT2D eigenvalue weighted by Crippen LogP contribution is 2.22. The molecule has 0 spiro atoms. The Labute approximate surface area is 171 Å². The fraction of sp³-hybridized carbons (Fsp3) is 0.261. The second kappa shape index (κ2) is 8.41. The van der Waals surface area contributed by atoms with Gasteiger partial charge in [-0.1, -0.05) is 29.8 Å². The molecule has 3 aromatic rings. The second-order valence-electron chi connectivity index (χ2n) is 7.47. The number of likely N-dealkylation sites (N-methyl/N-ethyl adjacent to an activating group) is 1. The molecule has 0 atom stereocenters. The first-order valence-electron chi connectivity index (χ1n) is 9.84. The SMILES string of the molecule is Cc1cccc(C(=O)Nc2cccc(-c3ccc(N4CCN(C)CC4)nn3)c2)c1. The Morgan fingerprint density at radius 1 is 0.931 bits per heavy atom. The van der Waals surface area contributed by atoms with E-state index in [9.17, 15) is 4.79 Å². The van der Waals surface area contributed by atoms with Crippen LogP contribution >= 0.6 is 0 Å². The number of hydrogen-bond acceptors (Lipinski definition) is 5. The van der Waals surface area contributed by atoms with Crippen LogP contribution in [0.4, 0.5) is 11.5 Å². The summed E-state index contributed by atoms with van der Waals surface area (Å²) in [5, 5.41) is 11.8. The van der Waals surface area contributed by atoms with Gasteiger partial charge in [0.25, 0.3) is 5.91 Å². The number of piperazine rings is 1. The van der Waals surface area contributed by atoms with Gasteiger partial charge >= 0.3 is 0 Å². The number of amides is 1. The average Bonchev–Trinajstić information content (AvgIpc) is 2.75. The number of nitrogens with zero attached hydrogens (tertiary/aromatic N) is 4. The highest BCUT2D eigenvalue weighted by molar-refractivity contribution is 6.04. The smallest absolute Gasteiger partial charge is 0.255 e. The van der Waals surface area contributed by atoms with E-state index in [0.29, 0.717) is 5.56 Å². The number of aromatic nitrogens is 2. The van der Waals surface area contributed by atoms with Crippen LogP contribution in [0, 0.1) is 6.92 Å². The predicted octanol–water partition coefficient (Wildman–Crippen LogP) is 3.46.